The molecule has 0 aliphatic heterocycles. The molecule has 3 N–H and O–H groups in total. The van der Waals surface area contributed by atoms with Crippen molar-refractivity contribution in [2.45, 2.75) is 5.88 Å². The summed E-state index contributed by atoms with van der Waals surface area (Å²) in [5, 5.41) is 9.54. The van der Waals surface area contributed by atoms with E-state index in [0.717, 1.165) is 11.3 Å². The van der Waals surface area contributed by atoms with Gasteiger partial charge in [0.2, 0.25) is 0 Å². The highest BCUT2D eigenvalue weighted by Gasteiger charge is 2.18. The fourth-order valence-electron chi connectivity index (χ4n) is 3.40. The van der Waals surface area contributed by atoms with Gasteiger partial charge in [-0.15, -0.1) is 11.6 Å². The van der Waals surface area contributed by atoms with Gasteiger partial charge in [-0.1, -0.05) is 12.1 Å². The number of nitrogen functional groups attached to an aromatic ring is 1. The van der Waals surface area contributed by atoms with E-state index in [2.05, 4.69) is 9.97 Å². The maximum atomic E-state index is 9.54. The van der Waals surface area contributed by atoms with Crippen molar-refractivity contribution in [3.8, 4) is 34.2 Å². The first kappa shape index (κ1) is 19.0. The molecule has 31 heavy (non-hydrogen) atoms. The molecular formula is C23H17ClN6O. The zero-order valence-corrected chi connectivity index (χ0v) is 17.0. The van der Waals surface area contributed by atoms with E-state index >= 15 is 0 Å². The first-order valence-electron chi connectivity index (χ1n) is 9.55. The maximum absolute atomic E-state index is 9.54. The van der Waals surface area contributed by atoms with E-state index in [9.17, 15) is 5.11 Å². The minimum absolute atomic E-state index is 0.101. The average Bonchev–Trinajstić information content (AvgIpc) is 3.18. The molecular weight excluding hydrogens is 412 g/mol. The molecule has 0 aliphatic carbocycles. The average molecular weight is 429 g/mol. The van der Waals surface area contributed by atoms with Crippen LogP contribution in [0.4, 0.5) is 5.82 Å². The van der Waals surface area contributed by atoms with Crippen molar-refractivity contribution in [1.82, 2.24) is 24.5 Å². The smallest absolute Gasteiger partial charge is 0.165 e. The minimum atomic E-state index is 0.101. The number of nitrogens with zero attached hydrogens (tertiary/aromatic N) is 5. The van der Waals surface area contributed by atoms with Crippen molar-refractivity contribution < 1.29 is 5.11 Å². The SMILES string of the molecule is Nc1ncccc1-c1nc2ccc(-c3ccc(O)cn3)nc2n1-c1ccc(CCl)cc1. The van der Waals surface area contributed by atoms with Crippen LogP contribution in [0.15, 0.2) is 73.1 Å². The van der Waals surface area contributed by atoms with Crippen LogP contribution in [-0.4, -0.2) is 29.6 Å². The monoisotopic (exact) mass is 428 g/mol. The summed E-state index contributed by atoms with van der Waals surface area (Å²) in [6, 6.07) is 18.6. The van der Waals surface area contributed by atoms with Crippen LogP contribution in [-0.2, 0) is 5.88 Å². The number of halogens is 1. The maximum Gasteiger partial charge on any atom is 0.165 e. The van der Waals surface area contributed by atoms with Crippen molar-refractivity contribution in [2.24, 2.45) is 0 Å². The van der Waals surface area contributed by atoms with Crippen molar-refractivity contribution in [1.29, 1.82) is 0 Å². The molecule has 0 aliphatic rings. The molecule has 5 aromatic rings. The molecule has 0 radical (unpaired) electrons. The summed E-state index contributed by atoms with van der Waals surface area (Å²) < 4.78 is 1.95. The standard InChI is InChI=1S/C23H17ClN6O/c24-12-14-3-5-15(6-4-14)30-22(17-2-1-11-26-21(17)25)29-20-10-9-19(28-23(20)30)18-8-7-16(31)13-27-18/h1-11,13,31H,12H2,(H2,25,26). The zero-order valence-electron chi connectivity index (χ0n) is 16.3. The predicted octanol–water partition coefficient (Wildman–Crippen LogP) is 4.57. The Labute approximate surface area is 182 Å². The Morgan fingerprint density at radius 1 is 0.903 bits per heavy atom. The van der Waals surface area contributed by atoms with Crippen LogP contribution in [0.1, 0.15) is 5.56 Å². The lowest BCUT2D eigenvalue weighted by Crippen LogP contribution is -2.02. The van der Waals surface area contributed by atoms with Crippen molar-refractivity contribution in [2.75, 3.05) is 5.73 Å². The summed E-state index contributed by atoms with van der Waals surface area (Å²) >= 11 is 5.97. The highest BCUT2D eigenvalue weighted by molar-refractivity contribution is 6.17. The number of alkyl halides is 1. The third kappa shape index (κ3) is 3.45. The Hall–Kier alpha value is -3.97. The molecule has 7 nitrogen and oxygen atoms in total. The van der Waals surface area contributed by atoms with Crippen LogP contribution < -0.4 is 5.73 Å². The van der Waals surface area contributed by atoms with Gasteiger partial charge in [0, 0.05) is 17.8 Å². The Bertz CT molecular complexity index is 1380. The van der Waals surface area contributed by atoms with Crippen molar-refractivity contribution >= 4 is 28.6 Å². The quantitative estimate of drug-likeness (QED) is 0.406. The molecule has 0 bridgehead atoms. The number of nitrogens with two attached hydrogens (primary N) is 1. The van der Waals surface area contributed by atoms with E-state index in [4.69, 9.17) is 27.3 Å². The molecule has 0 saturated carbocycles. The first-order chi connectivity index (χ1) is 15.1. The molecule has 0 saturated heterocycles. The lowest BCUT2D eigenvalue weighted by molar-refractivity contribution is 0.473. The summed E-state index contributed by atoms with van der Waals surface area (Å²) in [5.74, 6) is 1.56. The molecule has 0 fully saturated rings. The number of fused-ring (bicyclic) bond motifs is 1. The Kier molecular flexibility index (Phi) is 4.72. The van der Waals surface area contributed by atoms with Crippen LogP contribution in [0.3, 0.4) is 0 Å². The van der Waals surface area contributed by atoms with Crippen molar-refractivity contribution in [3.05, 3.63) is 78.6 Å². The molecule has 4 heterocycles. The third-order valence-electron chi connectivity index (χ3n) is 4.94. The third-order valence-corrected chi connectivity index (χ3v) is 5.25. The van der Waals surface area contributed by atoms with E-state index in [1.54, 1.807) is 18.3 Å². The summed E-state index contributed by atoms with van der Waals surface area (Å²) in [6.07, 6.45) is 3.04. The molecule has 0 spiro atoms. The molecule has 8 heteroatoms. The van der Waals surface area contributed by atoms with Gasteiger partial charge in [-0.2, -0.15) is 0 Å². The van der Waals surface area contributed by atoms with Gasteiger partial charge in [-0.05, 0) is 54.1 Å². The normalized spacial score (nSPS) is 11.1. The van der Waals surface area contributed by atoms with Crippen LogP contribution in [0, 0.1) is 0 Å². The van der Waals surface area contributed by atoms with Gasteiger partial charge in [-0.3, -0.25) is 9.55 Å². The van der Waals surface area contributed by atoms with Gasteiger partial charge in [0.1, 0.15) is 17.1 Å². The molecule has 4 aromatic heterocycles. The summed E-state index contributed by atoms with van der Waals surface area (Å²) in [4.78, 5) is 18.1. The Morgan fingerprint density at radius 3 is 2.42 bits per heavy atom. The second-order valence-corrected chi connectivity index (χ2v) is 7.22. The Balaban J connectivity index is 1.77. The lowest BCUT2D eigenvalue weighted by atomic mass is 10.2. The number of hydrogen-bond donors (Lipinski definition) is 2. The fraction of sp³-hybridized carbons (Fsp3) is 0.0435. The van der Waals surface area contributed by atoms with Crippen LogP contribution in [0.5, 0.6) is 5.75 Å². The van der Waals surface area contributed by atoms with Gasteiger partial charge in [0.05, 0.1) is 23.1 Å². The topological polar surface area (TPSA) is 103 Å². The van der Waals surface area contributed by atoms with Crippen LogP contribution in [0.2, 0.25) is 0 Å². The molecule has 1 aromatic carbocycles. The fourth-order valence-corrected chi connectivity index (χ4v) is 3.58. The summed E-state index contributed by atoms with van der Waals surface area (Å²) in [6.45, 7) is 0. The van der Waals surface area contributed by atoms with E-state index in [-0.39, 0.29) is 5.75 Å². The van der Waals surface area contributed by atoms with E-state index in [1.807, 2.05) is 53.1 Å². The lowest BCUT2D eigenvalue weighted by Gasteiger charge is -2.11. The van der Waals surface area contributed by atoms with E-state index in [0.29, 0.717) is 45.6 Å². The van der Waals surface area contributed by atoms with Gasteiger partial charge in [0.25, 0.3) is 0 Å². The molecule has 0 amide bonds. The number of aromatic hydroxyl groups is 1. The number of anilines is 1. The van der Waals surface area contributed by atoms with Crippen LogP contribution >= 0.6 is 11.6 Å². The zero-order chi connectivity index (χ0) is 21.4. The van der Waals surface area contributed by atoms with Gasteiger partial charge in [0.15, 0.2) is 11.5 Å². The number of hydrogen-bond acceptors (Lipinski definition) is 6. The van der Waals surface area contributed by atoms with E-state index in [1.165, 1.54) is 6.20 Å². The molecule has 5 rings (SSSR count). The highest BCUT2D eigenvalue weighted by atomic mass is 35.5. The number of imidazole rings is 1. The number of pyridine rings is 3. The molecule has 152 valence electrons. The second kappa shape index (κ2) is 7.70. The minimum Gasteiger partial charge on any atom is -0.506 e. The molecule has 0 atom stereocenters. The Morgan fingerprint density at radius 2 is 1.71 bits per heavy atom. The number of benzene rings is 1. The van der Waals surface area contributed by atoms with E-state index < -0.39 is 0 Å². The van der Waals surface area contributed by atoms with Crippen LogP contribution in [0.25, 0.3) is 39.6 Å². The van der Waals surface area contributed by atoms with Gasteiger partial charge in [-0.25, -0.2) is 15.0 Å². The predicted molar refractivity (Wildman–Crippen MR) is 121 cm³/mol. The second-order valence-electron chi connectivity index (χ2n) is 6.95. The van der Waals surface area contributed by atoms with Gasteiger partial charge < -0.3 is 10.8 Å². The van der Waals surface area contributed by atoms with Gasteiger partial charge >= 0.3 is 0 Å². The highest BCUT2D eigenvalue weighted by Crippen LogP contribution is 2.31. The first-order valence-corrected chi connectivity index (χ1v) is 10.1. The number of rotatable bonds is 4. The summed E-state index contributed by atoms with van der Waals surface area (Å²) in [5.41, 5.74) is 11.4. The molecule has 0 unspecified atom stereocenters. The van der Waals surface area contributed by atoms with Crippen molar-refractivity contribution in [3.63, 3.8) is 0 Å². The number of aromatic nitrogens is 5. The summed E-state index contributed by atoms with van der Waals surface area (Å²) in [7, 11) is 0. The largest absolute Gasteiger partial charge is 0.506 e.